The summed E-state index contributed by atoms with van der Waals surface area (Å²) < 4.78 is 59.3. The predicted molar refractivity (Wildman–Crippen MR) is 273 cm³/mol. The van der Waals surface area contributed by atoms with E-state index in [1.165, 1.54) is 0 Å². The van der Waals surface area contributed by atoms with Gasteiger partial charge in [-0.3, -0.25) is 9.59 Å². The van der Waals surface area contributed by atoms with Crippen molar-refractivity contribution in [3.05, 3.63) is 81.9 Å². The number of likely N-dealkylation sites (N-methyl/N-ethyl adjacent to an activating group) is 2. The van der Waals surface area contributed by atoms with Crippen molar-refractivity contribution in [3.63, 3.8) is 0 Å². The molecule has 0 amide bonds. The van der Waals surface area contributed by atoms with E-state index in [1.54, 1.807) is 71.1 Å². The molecule has 0 aliphatic carbocycles. The van der Waals surface area contributed by atoms with Gasteiger partial charge in [-0.25, -0.2) is 0 Å². The summed E-state index contributed by atoms with van der Waals surface area (Å²) in [6, 6.07) is 15.9. The van der Waals surface area contributed by atoms with E-state index in [2.05, 4.69) is 38.4 Å². The van der Waals surface area contributed by atoms with Gasteiger partial charge in [-0.05, 0) is 98.2 Å². The normalized spacial score (nSPS) is 19.4. The average molecular weight is 1070 g/mol. The van der Waals surface area contributed by atoms with Gasteiger partial charge in [-0.1, -0.05) is 12.8 Å². The van der Waals surface area contributed by atoms with E-state index in [-0.39, 0.29) is 43.3 Å². The van der Waals surface area contributed by atoms with Gasteiger partial charge < -0.3 is 91.4 Å². The molecule has 6 rings (SSSR count). The van der Waals surface area contributed by atoms with Crippen LogP contribution >= 0.6 is 0 Å². The smallest absolute Gasteiger partial charge is 0.309 e. The highest BCUT2D eigenvalue weighted by atomic mass is 35.5. The van der Waals surface area contributed by atoms with E-state index in [4.69, 9.17) is 47.4 Å². The Bertz CT molecular complexity index is 2340. The molecule has 2 aliphatic heterocycles. The molecular formula is C56H78Cl2N2O14. The Kier molecular flexibility index (Phi) is 22.0. The fraction of sp³-hybridized carbons (Fsp3) is 0.536. The number of ether oxygens (including phenoxy) is 10. The Balaban J connectivity index is 0.00000593. The Morgan fingerprint density at radius 1 is 0.473 bits per heavy atom. The number of carbonyl (C=O) groups is 2. The molecule has 0 saturated heterocycles. The van der Waals surface area contributed by atoms with Crippen LogP contribution in [-0.2, 0) is 22.4 Å². The summed E-state index contributed by atoms with van der Waals surface area (Å²) in [7, 11) is 20.7. The van der Waals surface area contributed by atoms with Gasteiger partial charge in [0.25, 0.3) is 0 Å². The molecule has 0 spiro atoms. The molecule has 0 aromatic heterocycles. The van der Waals surface area contributed by atoms with Crippen molar-refractivity contribution in [1.29, 1.82) is 0 Å². The van der Waals surface area contributed by atoms with Crippen LogP contribution in [0.15, 0.2) is 48.5 Å². The van der Waals surface area contributed by atoms with Gasteiger partial charge in [0.15, 0.2) is 46.0 Å². The number of hydrogen-bond donors (Lipinski definition) is 2. The Labute approximate surface area is 450 Å². The first-order valence-electron chi connectivity index (χ1n) is 24.8. The fourth-order valence-corrected chi connectivity index (χ4v) is 11.7. The van der Waals surface area contributed by atoms with Crippen LogP contribution in [-0.4, -0.2) is 142 Å². The van der Waals surface area contributed by atoms with Crippen molar-refractivity contribution in [3.8, 4) is 57.5 Å². The lowest BCUT2D eigenvalue weighted by atomic mass is 9.74. The molecule has 0 fully saturated rings. The molecule has 4 aromatic rings. The van der Waals surface area contributed by atoms with Crippen LogP contribution in [0.1, 0.15) is 103 Å². The van der Waals surface area contributed by atoms with Crippen LogP contribution < -0.4 is 72.2 Å². The second kappa shape index (κ2) is 26.7. The van der Waals surface area contributed by atoms with Crippen LogP contribution in [0.5, 0.6) is 57.5 Å². The average Bonchev–Trinajstić information content (AvgIpc) is 3.38. The number of fused-ring (bicyclic) bond motifs is 2. The highest BCUT2D eigenvalue weighted by Crippen LogP contribution is 2.51. The zero-order valence-corrected chi connectivity index (χ0v) is 46.8. The fourth-order valence-electron chi connectivity index (χ4n) is 11.7. The summed E-state index contributed by atoms with van der Waals surface area (Å²) in [4.78, 5) is 25.5. The molecule has 16 nitrogen and oxygen atoms in total. The lowest BCUT2D eigenvalue weighted by molar-refractivity contribution is -0.936. The van der Waals surface area contributed by atoms with Crippen LogP contribution in [0, 0.1) is 5.41 Å². The van der Waals surface area contributed by atoms with E-state index in [9.17, 15) is 19.8 Å². The van der Waals surface area contributed by atoms with Gasteiger partial charge in [-0.2, -0.15) is 0 Å². The molecule has 0 radical (unpaired) electrons. The summed E-state index contributed by atoms with van der Waals surface area (Å²) in [5, 5.41) is 20.9. The lowest BCUT2D eigenvalue weighted by Gasteiger charge is -2.47. The number of halogens is 2. The molecule has 18 heteroatoms. The number of hydrogen-bond acceptors (Lipinski definition) is 12. The lowest BCUT2D eigenvalue weighted by Crippen LogP contribution is -3.00. The molecule has 0 saturated carbocycles. The van der Waals surface area contributed by atoms with Gasteiger partial charge in [-0.15, -0.1) is 0 Å². The highest BCUT2D eigenvalue weighted by Gasteiger charge is 2.46. The van der Waals surface area contributed by atoms with E-state index in [0.717, 1.165) is 59.3 Å². The second-order valence-corrected chi connectivity index (χ2v) is 19.6. The monoisotopic (exact) mass is 1070 g/mol. The van der Waals surface area contributed by atoms with Crippen molar-refractivity contribution >= 4 is 11.9 Å². The maximum absolute atomic E-state index is 14.0. The minimum atomic E-state index is -1.07. The summed E-state index contributed by atoms with van der Waals surface area (Å²) >= 11 is 0. The number of quaternary nitrogens is 2. The Morgan fingerprint density at radius 3 is 1.12 bits per heavy atom. The minimum Gasteiger partial charge on any atom is -1.00 e. The van der Waals surface area contributed by atoms with Crippen LogP contribution in [0.4, 0.5) is 0 Å². The molecule has 2 N–H and O–H groups in total. The quantitative estimate of drug-likeness (QED) is 0.0660. The second-order valence-electron chi connectivity index (χ2n) is 19.6. The summed E-state index contributed by atoms with van der Waals surface area (Å²) in [5.74, 6) is 4.03. The number of carboxylic acid groups (broad SMARTS) is 2. The first-order chi connectivity index (χ1) is 34.6. The minimum absolute atomic E-state index is 0. The number of aliphatic carboxylic acids is 2. The van der Waals surface area contributed by atoms with Crippen molar-refractivity contribution in [1.82, 2.24) is 0 Å². The Morgan fingerprint density at radius 2 is 0.811 bits per heavy atom. The van der Waals surface area contributed by atoms with Gasteiger partial charge in [0.05, 0.1) is 117 Å². The molecule has 74 heavy (non-hydrogen) atoms. The molecule has 0 bridgehead atoms. The summed E-state index contributed by atoms with van der Waals surface area (Å²) in [6.07, 6.45) is 5.86. The number of carboxylic acids is 2. The number of benzene rings is 4. The topological polar surface area (TPSA) is 167 Å². The van der Waals surface area contributed by atoms with Gasteiger partial charge in [0.1, 0.15) is 12.1 Å². The molecule has 4 aromatic carbocycles. The first-order valence-corrected chi connectivity index (χ1v) is 24.8. The largest absolute Gasteiger partial charge is 1.00 e. The Hall–Kier alpha value is -5.68. The van der Waals surface area contributed by atoms with Crippen molar-refractivity contribution in [2.45, 2.75) is 82.7 Å². The van der Waals surface area contributed by atoms with Gasteiger partial charge in [0.2, 0.25) is 11.5 Å². The maximum Gasteiger partial charge on any atom is 0.309 e. The van der Waals surface area contributed by atoms with Gasteiger partial charge in [0, 0.05) is 41.5 Å². The summed E-state index contributed by atoms with van der Waals surface area (Å²) in [6.45, 7) is 2.88. The molecule has 2 aliphatic rings. The highest BCUT2D eigenvalue weighted by molar-refractivity contribution is 5.74. The predicted octanol–water partition coefficient (Wildman–Crippen LogP) is 3.33. The van der Waals surface area contributed by atoms with E-state index in [1.807, 2.05) is 24.3 Å². The SMILES string of the molecule is COc1cc2c(cc1OC)[C@H](c1cc(OC)c(OC)c(OC)c1)[N@@+](C)(CCCC(CCCCCC(=O)O)(CCC[N@+]1(C)CCc3cc(OC)c(OC)cc3[C@@H]1c1cc(OC)c(OC)c(OC)c1)C(=O)O)CC2.[Cl-].[Cl-]. The molecule has 5 atom stereocenters. The van der Waals surface area contributed by atoms with Crippen molar-refractivity contribution < 1.29 is 101 Å². The molecule has 410 valence electrons. The van der Waals surface area contributed by atoms with Crippen LogP contribution in [0.25, 0.3) is 0 Å². The van der Waals surface area contributed by atoms with E-state index in [0.29, 0.717) is 131 Å². The van der Waals surface area contributed by atoms with E-state index < -0.39 is 17.4 Å². The van der Waals surface area contributed by atoms with Crippen LogP contribution in [0.2, 0.25) is 0 Å². The van der Waals surface area contributed by atoms with Crippen molar-refractivity contribution in [2.24, 2.45) is 5.41 Å². The number of rotatable bonds is 27. The number of nitrogens with zero attached hydrogens (tertiary/aromatic N) is 2. The zero-order chi connectivity index (χ0) is 52.4. The van der Waals surface area contributed by atoms with Gasteiger partial charge >= 0.3 is 11.9 Å². The summed E-state index contributed by atoms with van der Waals surface area (Å²) in [5.41, 5.74) is 5.29. The number of unbranched alkanes of at least 4 members (excludes halogenated alkanes) is 2. The molecular weight excluding hydrogens is 996 g/mol. The van der Waals surface area contributed by atoms with E-state index >= 15 is 0 Å². The third-order valence-corrected chi connectivity index (χ3v) is 15.6. The standard InChI is InChI=1S/C56H76N2O14.2ClH/c1-57(26-19-36-28-42(63-3)44(65-5)34-40(36)51(57)38-30-46(67-7)53(71-11)47(31-38)68-8)24-16-22-56(55(61)62,21-15-13-14-18-50(59)60)23-17-25-58(2)27-20-37-29-43(64-4)45(66-6)35-41(37)52(58)39-32-48(69-9)54(72-12)49(33-39)70-10;;/h28-35,51-52H,13-27H2,1-12H3;2*1H/t51-,52-,56?,57-,58+;;/m0../s1. The number of methoxy groups -OCH3 is 10. The van der Waals surface area contributed by atoms with Crippen molar-refractivity contribution in [2.75, 3.05) is 111 Å². The zero-order valence-electron chi connectivity index (χ0n) is 45.3. The molecule has 2 heterocycles. The third kappa shape index (κ3) is 12.7. The third-order valence-electron chi connectivity index (χ3n) is 15.6. The maximum atomic E-state index is 14.0. The van der Waals surface area contributed by atoms with Crippen LogP contribution in [0.3, 0.4) is 0 Å². The first kappa shape index (κ1) is 60.9. The molecule has 1 unspecified atom stereocenters.